The second kappa shape index (κ2) is 6.90. The van der Waals surface area contributed by atoms with Gasteiger partial charge in [0, 0.05) is 37.3 Å². The molecule has 1 aliphatic heterocycles. The molecule has 0 bridgehead atoms. The third-order valence-corrected chi connectivity index (χ3v) is 5.76. The molecular formula is C20H25N3O2. The Hall–Kier alpha value is -2.30. The fourth-order valence-electron chi connectivity index (χ4n) is 4.49. The number of nitrogens with zero attached hydrogens (tertiary/aromatic N) is 1. The number of nitrogens with one attached hydrogen (secondary N) is 2. The van der Waals surface area contributed by atoms with Gasteiger partial charge in [0.2, 0.25) is 11.8 Å². The van der Waals surface area contributed by atoms with E-state index in [-0.39, 0.29) is 23.8 Å². The first kappa shape index (κ1) is 16.2. The smallest absolute Gasteiger partial charge is 0.224 e. The number of hydrogen-bond acceptors (Lipinski definition) is 2. The predicted octanol–water partition coefficient (Wildman–Crippen LogP) is 2.45. The van der Waals surface area contributed by atoms with E-state index in [1.807, 2.05) is 12.1 Å². The molecule has 1 aromatic heterocycles. The number of piperidine rings is 1. The molecule has 2 heterocycles. The van der Waals surface area contributed by atoms with Gasteiger partial charge in [0.15, 0.2) is 0 Å². The molecule has 2 aromatic rings. The highest BCUT2D eigenvalue weighted by Gasteiger charge is 2.41. The summed E-state index contributed by atoms with van der Waals surface area (Å²) in [5.41, 5.74) is 1.18. The molecule has 5 heteroatoms. The fraction of sp³-hybridized carbons (Fsp3) is 0.500. The molecule has 5 nitrogen and oxygen atoms in total. The minimum absolute atomic E-state index is 0.0275. The highest BCUT2D eigenvalue weighted by atomic mass is 16.2. The molecule has 3 unspecified atom stereocenters. The fourth-order valence-corrected chi connectivity index (χ4v) is 4.49. The van der Waals surface area contributed by atoms with Gasteiger partial charge in [-0.3, -0.25) is 9.59 Å². The highest BCUT2D eigenvalue weighted by Crippen LogP contribution is 2.35. The topological polar surface area (TPSA) is 63.1 Å². The second-order valence-corrected chi connectivity index (χ2v) is 7.29. The number of carbonyl (C=O) groups excluding carboxylic acids is 2. The van der Waals surface area contributed by atoms with Crippen LogP contribution >= 0.6 is 0 Å². The lowest BCUT2D eigenvalue weighted by Gasteiger charge is -2.40. The molecule has 25 heavy (non-hydrogen) atoms. The zero-order chi connectivity index (χ0) is 17.2. The van der Waals surface area contributed by atoms with Crippen LogP contribution in [-0.2, 0) is 16.1 Å². The first-order chi connectivity index (χ1) is 12.2. The van der Waals surface area contributed by atoms with Crippen molar-refractivity contribution in [1.82, 2.24) is 15.2 Å². The normalized spacial score (nSPS) is 26.1. The summed E-state index contributed by atoms with van der Waals surface area (Å²) in [6.45, 7) is 1.33. The Morgan fingerprint density at radius 1 is 1.20 bits per heavy atom. The van der Waals surface area contributed by atoms with E-state index in [1.165, 1.54) is 10.9 Å². The number of para-hydroxylation sites is 1. The van der Waals surface area contributed by atoms with Crippen molar-refractivity contribution >= 4 is 22.7 Å². The van der Waals surface area contributed by atoms with Crippen LogP contribution in [0, 0.1) is 11.8 Å². The number of fused-ring (bicyclic) bond motifs is 2. The van der Waals surface area contributed by atoms with Gasteiger partial charge in [-0.2, -0.15) is 0 Å². The molecule has 4 rings (SSSR count). The average Bonchev–Trinajstić information content (AvgIpc) is 3.04. The first-order valence-electron chi connectivity index (χ1n) is 9.33. The van der Waals surface area contributed by atoms with E-state index in [2.05, 4.69) is 39.6 Å². The maximum absolute atomic E-state index is 12.7. The summed E-state index contributed by atoms with van der Waals surface area (Å²) < 4.78 is 2.16. The lowest BCUT2D eigenvalue weighted by molar-refractivity contribution is -0.137. The van der Waals surface area contributed by atoms with Crippen LogP contribution < -0.4 is 10.6 Å². The molecular weight excluding hydrogens is 314 g/mol. The summed E-state index contributed by atoms with van der Waals surface area (Å²) in [5, 5.41) is 7.36. The Balaban J connectivity index is 1.37. The molecule has 1 saturated heterocycles. The summed E-state index contributed by atoms with van der Waals surface area (Å²) in [6.07, 6.45) is 6.76. The van der Waals surface area contributed by atoms with Crippen molar-refractivity contribution in [3.63, 3.8) is 0 Å². The van der Waals surface area contributed by atoms with Crippen molar-refractivity contribution in [3.05, 3.63) is 36.5 Å². The molecule has 1 aliphatic carbocycles. The van der Waals surface area contributed by atoms with E-state index < -0.39 is 0 Å². The molecule has 2 aliphatic rings. The molecule has 132 valence electrons. The molecule has 2 amide bonds. The molecule has 3 atom stereocenters. The number of hydrogen-bond donors (Lipinski definition) is 2. The van der Waals surface area contributed by atoms with Crippen molar-refractivity contribution in [2.24, 2.45) is 11.8 Å². The molecule has 2 fully saturated rings. The monoisotopic (exact) mass is 339 g/mol. The van der Waals surface area contributed by atoms with E-state index in [1.54, 1.807) is 0 Å². The Kier molecular flexibility index (Phi) is 4.47. The van der Waals surface area contributed by atoms with Crippen molar-refractivity contribution < 1.29 is 9.59 Å². The van der Waals surface area contributed by atoms with E-state index in [4.69, 9.17) is 0 Å². The molecule has 1 aromatic carbocycles. The zero-order valence-electron chi connectivity index (χ0n) is 14.4. The maximum atomic E-state index is 12.7. The van der Waals surface area contributed by atoms with Crippen molar-refractivity contribution in [2.75, 3.05) is 6.54 Å². The number of carbonyl (C=O) groups is 2. The molecule has 0 spiro atoms. The lowest BCUT2D eigenvalue weighted by atomic mass is 9.72. The van der Waals surface area contributed by atoms with Crippen LogP contribution in [0.5, 0.6) is 0 Å². The largest absolute Gasteiger partial charge is 0.354 e. The maximum Gasteiger partial charge on any atom is 0.224 e. The summed E-state index contributed by atoms with van der Waals surface area (Å²) in [4.78, 5) is 24.6. The Labute approximate surface area is 147 Å². The predicted molar refractivity (Wildman–Crippen MR) is 96.9 cm³/mol. The summed E-state index contributed by atoms with van der Waals surface area (Å²) in [6, 6.07) is 10.5. The summed E-state index contributed by atoms with van der Waals surface area (Å²) >= 11 is 0. The van der Waals surface area contributed by atoms with Crippen LogP contribution in [0.15, 0.2) is 36.5 Å². The highest BCUT2D eigenvalue weighted by molar-refractivity contribution is 5.87. The van der Waals surface area contributed by atoms with Gasteiger partial charge in [-0.05, 0) is 36.3 Å². The quantitative estimate of drug-likeness (QED) is 0.899. The lowest BCUT2D eigenvalue weighted by Crippen LogP contribution is -2.54. The van der Waals surface area contributed by atoms with Crippen molar-refractivity contribution in [1.29, 1.82) is 0 Å². The van der Waals surface area contributed by atoms with Gasteiger partial charge in [0.1, 0.15) is 0 Å². The minimum atomic E-state index is -0.166. The third kappa shape index (κ3) is 3.28. The van der Waals surface area contributed by atoms with Crippen LogP contribution in [-0.4, -0.2) is 29.0 Å². The van der Waals surface area contributed by atoms with E-state index in [9.17, 15) is 9.59 Å². The van der Waals surface area contributed by atoms with E-state index in [0.717, 1.165) is 32.2 Å². The van der Waals surface area contributed by atoms with Crippen LogP contribution in [0.1, 0.15) is 32.1 Å². The standard InChI is InChI=1S/C20H25N3O2/c24-19-13-16(15-6-2-3-7-17(15)22-19)20(25)21-10-12-23-11-9-14-5-1-4-8-18(14)23/h1,4-5,8-9,11,15-17H,2-3,6-7,10,12-13H2,(H,21,25)(H,22,24). The second-order valence-electron chi connectivity index (χ2n) is 7.29. The van der Waals surface area contributed by atoms with Gasteiger partial charge in [-0.25, -0.2) is 0 Å². The number of rotatable bonds is 4. The summed E-state index contributed by atoms with van der Waals surface area (Å²) in [7, 11) is 0. The Bertz CT molecular complexity index is 782. The summed E-state index contributed by atoms with van der Waals surface area (Å²) in [5.74, 6) is 0.210. The number of aromatic nitrogens is 1. The molecule has 2 N–H and O–H groups in total. The Morgan fingerprint density at radius 3 is 2.96 bits per heavy atom. The first-order valence-corrected chi connectivity index (χ1v) is 9.33. The van der Waals surface area contributed by atoms with Gasteiger partial charge >= 0.3 is 0 Å². The van der Waals surface area contributed by atoms with E-state index >= 15 is 0 Å². The van der Waals surface area contributed by atoms with Crippen LogP contribution in [0.4, 0.5) is 0 Å². The van der Waals surface area contributed by atoms with Crippen molar-refractivity contribution in [2.45, 2.75) is 44.7 Å². The van der Waals surface area contributed by atoms with Crippen molar-refractivity contribution in [3.8, 4) is 0 Å². The van der Waals surface area contributed by atoms with Gasteiger partial charge in [-0.15, -0.1) is 0 Å². The average molecular weight is 339 g/mol. The Morgan fingerprint density at radius 2 is 2.04 bits per heavy atom. The van der Waals surface area contributed by atoms with Crippen LogP contribution in [0.25, 0.3) is 10.9 Å². The minimum Gasteiger partial charge on any atom is -0.354 e. The van der Waals surface area contributed by atoms with Crippen LogP contribution in [0.3, 0.4) is 0 Å². The SMILES string of the molecule is O=C1CC(C(=O)NCCn2ccc3ccccc32)C2CCCCC2N1. The van der Waals surface area contributed by atoms with Gasteiger partial charge in [0.25, 0.3) is 0 Å². The van der Waals surface area contributed by atoms with Gasteiger partial charge in [0.05, 0.1) is 5.92 Å². The number of amides is 2. The van der Waals surface area contributed by atoms with E-state index in [0.29, 0.717) is 18.9 Å². The van der Waals surface area contributed by atoms with Gasteiger partial charge in [-0.1, -0.05) is 31.0 Å². The zero-order valence-corrected chi connectivity index (χ0v) is 14.4. The van der Waals surface area contributed by atoms with Crippen LogP contribution in [0.2, 0.25) is 0 Å². The number of benzene rings is 1. The third-order valence-electron chi connectivity index (χ3n) is 5.76. The molecule has 0 radical (unpaired) electrons. The van der Waals surface area contributed by atoms with Gasteiger partial charge < -0.3 is 15.2 Å². The molecule has 1 saturated carbocycles.